The molecule has 0 bridgehead atoms. The highest BCUT2D eigenvalue weighted by molar-refractivity contribution is 14.1. The zero-order valence-corrected chi connectivity index (χ0v) is 13.5. The maximum Gasteiger partial charge on any atom is 0.178 e. The molecule has 2 rings (SSSR count). The average Bonchev–Trinajstić information content (AvgIpc) is 2.66. The maximum absolute atomic E-state index is 13.7. The first-order valence-electron chi connectivity index (χ1n) is 5.66. The van der Waals surface area contributed by atoms with Crippen molar-refractivity contribution < 1.29 is 13.9 Å². The van der Waals surface area contributed by atoms with Crippen LogP contribution in [0.5, 0.6) is 0 Å². The molecule has 0 saturated carbocycles. The van der Waals surface area contributed by atoms with Gasteiger partial charge in [-0.15, -0.1) is 0 Å². The van der Waals surface area contributed by atoms with Gasteiger partial charge in [0, 0.05) is 20.3 Å². The molecular formula is C12H14FIN2O2S. The first-order valence-corrected chi connectivity index (χ1v) is 7.14. The molecule has 1 atom stereocenters. The highest BCUT2D eigenvalue weighted by Gasteiger charge is 2.13. The second-order valence-electron chi connectivity index (χ2n) is 4.14. The normalized spacial score (nSPS) is 13.1. The summed E-state index contributed by atoms with van der Waals surface area (Å²) in [6, 6.07) is 3.23. The van der Waals surface area contributed by atoms with Gasteiger partial charge in [0.05, 0.1) is 33.9 Å². The number of hydrogen-bond acceptors (Lipinski definition) is 3. The molecule has 0 radical (unpaired) electrons. The standard InChI is InChI=1S/C12H14FIN2O2S/c1-17-6-7(18-2)5-16-11-3-8(13)9(14)4-10(11)15-12(16)19/h3-4,7H,5-6H2,1-2H3,(H,15,19). The molecule has 1 aromatic heterocycles. The van der Waals surface area contributed by atoms with Crippen molar-refractivity contribution in [3.8, 4) is 0 Å². The van der Waals surface area contributed by atoms with E-state index in [1.807, 2.05) is 27.2 Å². The predicted molar refractivity (Wildman–Crippen MR) is 82.5 cm³/mol. The zero-order valence-electron chi connectivity index (χ0n) is 10.6. The molecule has 104 valence electrons. The van der Waals surface area contributed by atoms with Crippen LogP contribution in [0.2, 0.25) is 0 Å². The fraction of sp³-hybridized carbons (Fsp3) is 0.417. The van der Waals surface area contributed by atoms with Crippen molar-refractivity contribution in [1.29, 1.82) is 0 Å². The first kappa shape index (κ1) is 14.9. The molecular weight excluding hydrogens is 382 g/mol. The predicted octanol–water partition coefficient (Wildman–Crippen LogP) is 3.10. The average molecular weight is 396 g/mol. The number of benzene rings is 1. The van der Waals surface area contributed by atoms with Gasteiger partial charge in [0.15, 0.2) is 4.77 Å². The highest BCUT2D eigenvalue weighted by Crippen LogP contribution is 2.21. The van der Waals surface area contributed by atoms with Crippen molar-refractivity contribution in [2.45, 2.75) is 12.6 Å². The molecule has 1 heterocycles. The SMILES string of the molecule is COCC(Cn1c(=S)[nH]c2cc(I)c(F)cc21)OC. The Bertz CT molecular complexity index is 640. The lowest BCUT2D eigenvalue weighted by molar-refractivity contribution is 0.0188. The highest BCUT2D eigenvalue weighted by atomic mass is 127. The van der Waals surface area contributed by atoms with Crippen molar-refractivity contribution in [2.24, 2.45) is 0 Å². The van der Waals surface area contributed by atoms with Gasteiger partial charge in [-0.1, -0.05) is 0 Å². The van der Waals surface area contributed by atoms with E-state index in [1.54, 1.807) is 20.3 Å². The van der Waals surface area contributed by atoms with Crippen molar-refractivity contribution >= 4 is 45.8 Å². The van der Waals surface area contributed by atoms with Crippen LogP contribution in [0, 0.1) is 14.2 Å². The number of aromatic nitrogens is 2. The number of methoxy groups -OCH3 is 2. The summed E-state index contributed by atoms with van der Waals surface area (Å²) in [4.78, 5) is 3.08. The first-order chi connectivity index (χ1) is 9.06. The second kappa shape index (κ2) is 6.29. The molecule has 4 nitrogen and oxygen atoms in total. The Morgan fingerprint density at radius 3 is 2.84 bits per heavy atom. The molecule has 1 aromatic carbocycles. The van der Waals surface area contributed by atoms with Gasteiger partial charge in [-0.05, 0) is 40.9 Å². The largest absolute Gasteiger partial charge is 0.382 e. The Kier molecular flexibility index (Phi) is 4.93. The van der Waals surface area contributed by atoms with Crippen LogP contribution in [0.15, 0.2) is 12.1 Å². The monoisotopic (exact) mass is 396 g/mol. The molecule has 0 fully saturated rings. The van der Waals surface area contributed by atoms with E-state index in [1.165, 1.54) is 6.07 Å². The second-order valence-corrected chi connectivity index (χ2v) is 5.69. The summed E-state index contributed by atoms with van der Waals surface area (Å²) in [6.45, 7) is 0.973. The number of rotatable bonds is 5. The number of halogens is 2. The van der Waals surface area contributed by atoms with E-state index >= 15 is 0 Å². The summed E-state index contributed by atoms with van der Waals surface area (Å²) in [6.07, 6.45) is -0.127. The van der Waals surface area contributed by atoms with E-state index in [9.17, 15) is 4.39 Å². The number of nitrogens with zero attached hydrogens (tertiary/aromatic N) is 1. The number of hydrogen-bond donors (Lipinski definition) is 1. The summed E-state index contributed by atoms with van der Waals surface area (Å²) >= 11 is 7.23. The van der Waals surface area contributed by atoms with Gasteiger partial charge >= 0.3 is 0 Å². The van der Waals surface area contributed by atoms with E-state index in [-0.39, 0.29) is 11.9 Å². The summed E-state index contributed by atoms with van der Waals surface area (Å²) in [5.74, 6) is -0.253. The molecule has 0 aliphatic rings. The summed E-state index contributed by atoms with van der Waals surface area (Å²) in [5, 5.41) is 0. The van der Waals surface area contributed by atoms with Gasteiger partial charge in [-0.2, -0.15) is 0 Å². The lowest BCUT2D eigenvalue weighted by atomic mass is 10.3. The number of H-pyrrole nitrogens is 1. The van der Waals surface area contributed by atoms with Gasteiger partial charge in [0.2, 0.25) is 0 Å². The van der Waals surface area contributed by atoms with Crippen LogP contribution in [0.1, 0.15) is 0 Å². The number of imidazole rings is 1. The summed E-state index contributed by atoms with van der Waals surface area (Å²) < 4.78 is 27.0. The van der Waals surface area contributed by atoms with Gasteiger partial charge in [-0.3, -0.25) is 0 Å². The molecule has 0 aliphatic heterocycles. The Hall–Kier alpha value is -0.510. The summed E-state index contributed by atoms with van der Waals surface area (Å²) in [7, 11) is 3.23. The van der Waals surface area contributed by atoms with Crippen molar-refractivity contribution in [1.82, 2.24) is 9.55 Å². The Balaban J connectivity index is 2.45. The Labute approximate surface area is 129 Å². The maximum atomic E-state index is 13.7. The van der Waals surface area contributed by atoms with Crippen molar-refractivity contribution in [2.75, 3.05) is 20.8 Å². The van der Waals surface area contributed by atoms with Gasteiger partial charge in [-0.25, -0.2) is 4.39 Å². The van der Waals surface area contributed by atoms with Crippen LogP contribution < -0.4 is 0 Å². The zero-order chi connectivity index (χ0) is 14.0. The lowest BCUT2D eigenvalue weighted by Gasteiger charge is -2.15. The van der Waals surface area contributed by atoms with Gasteiger partial charge in [0.25, 0.3) is 0 Å². The van der Waals surface area contributed by atoms with E-state index in [0.717, 1.165) is 11.0 Å². The van der Waals surface area contributed by atoms with Gasteiger partial charge in [0.1, 0.15) is 5.82 Å². The van der Waals surface area contributed by atoms with E-state index in [2.05, 4.69) is 4.98 Å². The van der Waals surface area contributed by atoms with Crippen molar-refractivity contribution in [3.63, 3.8) is 0 Å². The number of nitrogens with one attached hydrogen (secondary N) is 1. The van der Waals surface area contributed by atoms with Crippen LogP contribution in [-0.4, -0.2) is 36.5 Å². The minimum atomic E-state index is -0.253. The van der Waals surface area contributed by atoms with Crippen LogP contribution in [-0.2, 0) is 16.0 Å². The quantitative estimate of drug-likeness (QED) is 0.624. The Morgan fingerprint density at radius 2 is 2.21 bits per heavy atom. The molecule has 0 spiro atoms. The fourth-order valence-electron chi connectivity index (χ4n) is 1.92. The van der Waals surface area contributed by atoms with Crippen LogP contribution in [0.4, 0.5) is 4.39 Å². The third-order valence-corrected chi connectivity index (χ3v) is 4.04. The molecule has 7 heteroatoms. The summed E-state index contributed by atoms with van der Waals surface area (Å²) in [5.41, 5.74) is 1.56. The third-order valence-electron chi connectivity index (χ3n) is 2.89. The van der Waals surface area contributed by atoms with Crippen LogP contribution in [0.3, 0.4) is 0 Å². The molecule has 0 amide bonds. The third kappa shape index (κ3) is 3.15. The molecule has 0 saturated heterocycles. The van der Waals surface area contributed by atoms with E-state index in [4.69, 9.17) is 21.7 Å². The van der Waals surface area contributed by atoms with E-state index in [0.29, 0.717) is 21.5 Å². The number of ether oxygens (including phenoxy) is 2. The van der Waals surface area contributed by atoms with E-state index < -0.39 is 0 Å². The lowest BCUT2D eigenvalue weighted by Crippen LogP contribution is -2.23. The minimum absolute atomic E-state index is 0.127. The molecule has 1 unspecified atom stereocenters. The topological polar surface area (TPSA) is 39.2 Å². The van der Waals surface area contributed by atoms with Crippen LogP contribution in [0.25, 0.3) is 11.0 Å². The van der Waals surface area contributed by atoms with Crippen molar-refractivity contribution in [3.05, 3.63) is 26.3 Å². The molecule has 2 aromatic rings. The molecule has 0 aliphatic carbocycles. The Morgan fingerprint density at radius 1 is 1.47 bits per heavy atom. The smallest absolute Gasteiger partial charge is 0.178 e. The van der Waals surface area contributed by atoms with Crippen LogP contribution >= 0.6 is 34.8 Å². The number of fused-ring (bicyclic) bond motifs is 1. The van der Waals surface area contributed by atoms with Gasteiger partial charge < -0.3 is 19.0 Å². The number of aromatic amines is 1. The molecule has 1 N–H and O–H groups in total. The minimum Gasteiger partial charge on any atom is -0.382 e. The molecule has 19 heavy (non-hydrogen) atoms. The fourth-order valence-corrected chi connectivity index (χ4v) is 2.67.